The fourth-order valence-corrected chi connectivity index (χ4v) is 4.70. The van der Waals surface area contributed by atoms with Gasteiger partial charge in [-0.2, -0.15) is 13.2 Å². The zero-order valence-corrected chi connectivity index (χ0v) is 24.4. The first-order chi connectivity index (χ1) is 20.6. The molecule has 0 aliphatic carbocycles. The lowest BCUT2D eigenvalue weighted by molar-refractivity contribution is -0.192. The number of anilines is 2. The molecule has 4 aromatic rings. The third kappa shape index (κ3) is 8.76. The molecule has 0 spiro atoms. The van der Waals surface area contributed by atoms with Crippen LogP contribution in [0.4, 0.5) is 24.7 Å². The number of nitrogens with zero attached hydrogens (tertiary/aromatic N) is 1. The van der Waals surface area contributed by atoms with Crippen molar-refractivity contribution in [1.82, 2.24) is 9.88 Å². The summed E-state index contributed by atoms with van der Waals surface area (Å²) in [5.41, 5.74) is 7.16. The van der Waals surface area contributed by atoms with Gasteiger partial charge in [0.2, 0.25) is 0 Å². The molecule has 1 heterocycles. The molecule has 1 aromatic heterocycles. The molecule has 0 aliphatic rings. The van der Waals surface area contributed by atoms with Gasteiger partial charge in [-0.15, -0.1) is 0 Å². The first kappa shape index (κ1) is 33.5. The van der Waals surface area contributed by atoms with E-state index in [1.807, 2.05) is 20.8 Å². The molecule has 16 heteroatoms. The van der Waals surface area contributed by atoms with E-state index in [2.05, 4.69) is 15.2 Å². The van der Waals surface area contributed by atoms with Crippen LogP contribution in [0.1, 0.15) is 32.4 Å². The average molecular weight is 639 g/mol. The van der Waals surface area contributed by atoms with Gasteiger partial charge in [0.05, 0.1) is 23.0 Å². The zero-order valence-electron chi connectivity index (χ0n) is 23.6. The van der Waals surface area contributed by atoms with Gasteiger partial charge in [-0.25, -0.2) is 17.9 Å². The maximum atomic E-state index is 13.5. The number of halogens is 3. The van der Waals surface area contributed by atoms with Gasteiger partial charge in [-0.1, -0.05) is 29.4 Å². The van der Waals surface area contributed by atoms with Gasteiger partial charge in [0.25, 0.3) is 15.9 Å². The van der Waals surface area contributed by atoms with Crippen molar-refractivity contribution in [3.8, 4) is 11.5 Å². The standard InChI is InChI=1S/C26H28N4O6S.C2HF3O2/c1-4-34-23-14-17(10-13-21(23)35-16(2)3)24(26(31)30-37(32,33)19-8-6-5-7-9-19)28-18-11-12-20-22(15-18)36-29-25(20)27;3-2(4,5)1(6)7/h5-16,24,28H,4H2,1-3H3,(H2,27,29)(H,30,31);(H,6,7). The van der Waals surface area contributed by atoms with E-state index < -0.39 is 34.1 Å². The van der Waals surface area contributed by atoms with Crippen molar-refractivity contribution < 1.29 is 50.3 Å². The number of carbonyl (C=O) groups excluding carboxylic acids is 1. The highest BCUT2D eigenvalue weighted by Gasteiger charge is 2.38. The van der Waals surface area contributed by atoms with Crippen LogP contribution in [0.15, 0.2) is 76.1 Å². The monoisotopic (exact) mass is 638 g/mol. The number of alkyl halides is 3. The zero-order chi connectivity index (χ0) is 32.7. The topological polar surface area (TPSA) is 183 Å². The Hall–Kier alpha value is -4.99. The number of rotatable bonds is 10. The van der Waals surface area contributed by atoms with Crippen molar-refractivity contribution in [2.75, 3.05) is 17.7 Å². The Labute approximate surface area is 250 Å². The van der Waals surface area contributed by atoms with Crippen molar-refractivity contribution in [1.29, 1.82) is 0 Å². The highest BCUT2D eigenvalue weighted by Crippen LogP contribution is 2.34. The second kappa shape index (κ2) is 14.0. The second-order valence-electron chi connectivity index (χ2n) is 9.25. The molecule has 5 N–H and O–H groups in total. The van der Waals surface area contributed by atoms with Crippen LogP contribution in [0.5, 0.6) is 11.5 Å². The highest BCUT2D eigenvalue weighted by molar-refractivity contribution is 7.90. The summed E-state index contributed by atoms with van der Waals surface area (Å²) in [6.07, 6.45) is -5.18. The van der Waals surface area contributed by atoms with Gasteiger partial charge >= 0.3 is 12.1 Å². The first-order valence-corrected chi connectivity index (χ1v) is 14.4. The fraction of sp³-hybridized carbons (Fsp3) is 0.250. The van der Waals surface area contributed by atoms with Crippen molar-refractivity contribution in [2.24, 2.45) is 0 Å². The van der Waals surface area contributed by atoms with Crippen LogP contribution >= 0.6 is 0 Å². The van der Waals surface area contributed by atoms with E-state index in [9.17, 15) is 26.4 Å². The Kier molecular flexibility index (Phi) is 10.7. The Balaban J connectivity index is 0.000000676. The molecular formula is C28H29F3N4O8S. The SMILES string of the molecule is CCOc1cc(C(Nc2ccc3c(N)noc3c2)C(=O)NS(=O)(=O)c2ccccc2)ccc1OC(C)C.O=C(O)C(F)(F)F. The number of aromatic nitrogens is 1. The van der Waals surface area contributed by atoms with E-state index in [1.165, 1.54) is 12.1 Å². The molecule has 0 aliphatic heterocycles. The predicted molar refractivity (Wildman–Crippen MR) is 154 cm³/mol. The van der Waals surface area contributed by atoms with E-state index in [4.69, 9.17) is 29.6 Å². The summed E-state index contributed by atoms with van der Waals surface area (Å²) >= 11 is 0. The van der Waals surface area contributed by atoms with Gasteiger partial charge in [0.15, 0.2) is 22.9 Å². The molecule has 0 fully saturated rings. The molecule has 1 atom stereocenters. The quantitative estimate of drug-likeness (QED) is 0.186. The van der Waals surface area contributed by atoms with Crippen LogP contribution in [0, 0.1) is 0 Å². The fourth-order valence-electron chi connectivity index (χ4n) is 3.69. The number of fused-ring (bicyclic) bond motifs is 1. The smallest absolute Gasteiger partial charge is 0.490 e. The summed E-state index contributed by atoms with van der Waals surface area (Å²) in [6.45, 7) is 5.98. The molecule has 236 valence electrons. The molecule has 44 heavy (non-hydrogen) atoms. The Morgan fingerprint density at radius 2 is 1.70 bits per heavy atom. The van der Waals surface area contributed by atoms with Crippen LogP contribution < -0.4 is 25.2 Å². The van der Waals surface area contributed by atoms with E-state index in [-0.39, 0.29) is 16.8 Å². The van der Waals surface area contributed by atoms with Crippen molar-refractivity contribution in [2.45, 2.75) is 44.0 Å². The van der Waals surface area contributed by atoms with Crippen LogP contribution in [0.2, 0.25) is 0 Å². The van der Waals surface area contributed by atoms with Crippen LogP contribution in [0.25, 0.3) is 11.0 Å². The number of hydrogen-bond acceptors (Lipinski definition) is 10. The number of nitrogen functional groups attached to an aromatic ring is 1. The van der Waals surface area contributed by atoms with E-state index in [0.29, 0.717) is 40.3 Å². The Morgan fingerprint density at radius 3 is 2.30 bits per heavy atom. The largest absolute Gasteiger partial charge is 0.490 e. The van der Waals surface area contributed by atoms with Crippen LogP contribution in [-0.4, -0.2) is 49.4 Å². The van der Waals surface area contributed by atoms with Gasteiger partial charge in [0.1, 0.15) is 6.04 Å². The van der Waals surface area contributed by atoms with E-state index >= 15 is 0 Å². The second-order valence-corrected chi connectivity index (χ2v) is 10.9. The summed E-state index contributed by atoms with van der Waals surface area (Å²) < 4.78 is 76.5. The molecule has 0 bridgehead atoms. The van der Waals surface area contributed by atoms with Gasteiger partial charge < -0.3 is 30.2 Å². The number of carbonyl (C=O) groups is 2. The lowest BCUT2D eigenvalue weighted by atomic mass is 10.0. The molecule has 4 rings (SSSR count). The molecule has 3 aromatic carbocycles. The number of carboxylic acid groups (broad SMARTS) is 1. The maximum Gasteiger partial charge on any atom is 0.490 e. The van der Waals surface area contributed by atoms with Gasteiger partial charge in [0, 0.05) is 11.8 Å². The van der Waals surface area contributed by atoms with Crippen LogP contribution in [-0.2, 0) is 19.6 Å². The number of carboxylic acids is 1. The maximum absolute atomic E-state index is 13.5. The van der Waals surface area contributed by atoms with Crippen molar-refractivity contribution in [3.05, 3.63) is 72.3 Å². The molecule has 0 saturated carbocycles. The van der Waals surface area contributed by atoms with E-state index in [0.717, 1.165) is 0 Å². The summed E-state index contributed by atoms with van der Waals surface area (Å²) in [5.74, 6) is -2.37. The number of benzene rings is 3. The third-order valence-corrected chi connectivity index (χ3v) is 6.93. The first-order valence-electron chi connectivity index (χ1n) is 12.9. The van der Waals surface area contributed by atoms with Gasteiger partial charge in [-0.3, -0.25) is 4.79 Å². The lowest BCUT2D eigenvalue weighted by Gasteiger charge is -2.22. The number of nitrogens with two attached hydrogens (primary N) is 1. The number of hydrogen-bond donors (Lipinski definition) is 4. The third-order valence-electron chi connectivity index (χ3n) is 5.57. The molecular weight excluding hydrogens is 609 g/mol. The van der Waals surface area contributed by atoms with Gasteiger partial charge in [-0.05, 0) is 62.7 Å². The van der Waals surface area contributed by atoms with Crippen molar-refractivity contribution in [3.63, 3.8) is 0 Å². The minimum Gasteiger partial charge on any atom is -0.490 e. The minimum absolute atomic E-state index is 0.0312. The molecule has 1 amide bonds. The van der Waals surface area contributed by atoms with Crippen molar-refractivity contribution >= 4 is 44.4 Å². The number of nitrogens with one attached hydrogen (secondary N) is 2. The summed E-state index contributed by atoms with van der Waals surface area (Å²) in [4.78, 5) is 22.3. The molecule has 0 radical (unpaired) electrons. The minimum atomic E-state index is -5.08. The summed E-state index contributed by atoms with van der Waals surface area (Å²) in [7, 11) is -4.12. The highest BCUT2D eigenvalue weighted by atomic mass is 32.2. The van der Waals surface area contributed by atoms with E-state index in [1.54, 1.807) is 54.6 Å². The number of aliphatic carboxylic acids is 1. The molecule has 12 nitrogen and oxygen atoms in total. The number of amides is 1. The normalized spacial score (nSPS) is 12.2. The summed E-state index contributed by atoms with van der Waals surface area (Å²) in [6, 6.07) is 16.6. The lowest BCUT2D eigenvalue weighted by Crippen LogP contribution is -2.37. The predicted octanol–water partition coefficient (Wildman–Crippen LogP) is 4.89. The Morgan fingerprint density at radius 1 is 1.05 bits per heavy atom. The Bertz CT molecular complexity index is 1710. The summed E-state index contributed by atoms with van der Waals surface area (Å²) in [5, 5.41) is 14.6. The molecule has 1 unspecified atom stereocenters. The number of sulfonamides is 1. The molecule has 0 saturated heterocycles. The average Bonchev–Trinajstić information content (AvgIpc) is 3.32. The number of ether oxygens (including phenoxy) is 2. The van der Waals surface area contributed by atoms with Crippen LogP contribution in [0.3, 0.4) is 0 Å².